The van der Waals surface area contributed by atoms with Crippen LogP contribution in [0.3, 0.4) is 0 Å². The fourth-order valence-corrected chi connectivity index (χ4v) is 1.97. The van der Waals surface area contributed by atoms with E-state index in [0.717, 1.165) is 35.6 Å². The van der Waals surface area contributed by atoms with Crippen LogP contribution in [0.15, 0.2) is 36.5 Å². The molecule has 0 aliphatic heterocycles. The molecule has 1 aromatic carbocycles. The number of nitrogens with two attached hydrogens (primary N) is 1. The second-order valence-electron chi connectivity index (χ2n) is 5.21. The Bertz CT molecular complexity index is 564. The van der Waals surface area contributed by atoms with Crippen molar-refractivity contribution in [1.29, 1.82) is 0 Å². The number of aromatic nitrogens is 1. The normalized spacial score (nSPS) is 12.2. The van der Waals surface area contributed by atoms with Crippen molar-refractivity contribution in [3.05, 3.63) is 53.3 Å². The zero-order valence-electron chi connectivity index (χ0n) is 12.4. The van der Waals surface area contributed by atoms with Gasteiger partial charge >= 0.3 is 0 Å². The van der Waals surface area contributed by atoms with Gasteiger partial charge in [-0.1, -0.05) is 19.1 Å². The summed E-state index contributed by atoms with van der Waals surface area (Å²) in [5.41, 5.74) is 9.31. The minimum atomic E-state index is 0.201. The smallest absolute Gasteiger partial charge is 0.145 e. The SMILES string of the molecule is CCC(N)Cc1ccc(C)c(Oc2ccc(C)nc2)c1. The molecular weight excluding hydrogens is 248 g/mol. The first-order valence-electron chi connectivity index (χ1n) is 7.04. The number of hydrogen-bond acceptors (Lipinski definition) is 3. The number of rotatable bonds is 5. The summed E-state index contributed by atoms with van der Waals surface area (Å²) in [5, 5.41) is 0. The molecule has 2 N–H and O–H groups in total. The molecule has 0 fully saturated rings. The Hall–Kier alpha value is -1.87. The van der Waals surface area contributed by atoms with Crippen LogP contribution in [-0.4, -0.2) is 11.0 Å². The lowest BCUT2D eigenvalue weighted by Crippen LogP contribution is -2.21. The van der Waals surface area contributed by atoms with Crippen LogP contribution in [0.5, 0.6) is 11.5 Å². The van der Waals surface area contributed by atoms with Gasteiger partial charge in [0.1, 0.15) is 11.5 Å². The number of ether oxygens (including phenoxy) is 1. The molecule has 3 nitrogen and oxygen atoms in total. The maximum atomic E-state index is 6.01. The van der Waals surface area contributed by atoms with E-state index in [1.165, 1.54) is 5.56 Å². The van der Waals surface area contributed by atoms with E-state index in [1.54, 1.807) is 6.20 Å². The van der Waals surface area contributed by atoms with Gasteiger partial charge in [-0.2, -0.15) is 0 Å². The minimum absolute atomic E-state index is 0.201. The van der Waals surface area contributed by atoms with Gasteiger partial charge in [-0.05, 0) is 56.0 Å². The van der Waals surface area contributed by atoms with Gasteiger partial charge in [0.05, 0.1) is 6.20 Å². The summed E-state index contributed by atoms with van der Waals surface area (Å²) in [6, 6.07) is 10.4. The second-order valence-corrected chi connectivity index (χ2v) is 5.21. The van der Waals surface area contributed by atoms with Gasteiger partial charge in [0.25, 0.3) is 0 Å². The van der Waals surface area contributed by atoms with Gasteiger partial charge in [-0.25, -0.2) is 0 Å². The van der Waals surface area contributed by atoms with Crippen LogP contribution in [0.4, 0.5) is 0 Å². The summed E-state index contributed by atoms with van der Waals surface area (Å²) in [7, 11) is 0. The average molecular weight is 270 g/mol. The van der Waals surface area contributed by atoms with Crippen LogP contribution in [0, 0.1) is 13.8 Å². The van der Waals surface area contributed by atoms with E-state index in [1.807, 2.05) is 26.0 Å². The molecule has 0 saturated carbocycles. The van der Waals surface area contributed by atoms with Crippen molar-refractivity contribution in [3.8, 4) is 11.5 Å². The lowest BCUT2D eigenvalue weighted by Gasteiger charge is -2.13. The molecule has 0 spiro atoms. The molecule has 2 rings (SSSR count). The van der Waals surface area contributed by atoms with Crippen molar-refractivity contribution in [1.82, 2.24) is 4.98 Å². The van der Waals surface area contributed by atoms with E-state index < -0.39 is 0 Å². The molecule has 0 bridgehead atoms. The van der Waals surface area contributed by atoms with Crippen LogP contribution in [0.25, 0.3) is 0 Å². The van der Waals surface area contributed by atoms with Gasteiger partial charge in [0.15, 0.2) is 0 Å². The van der Waals surface area contributed by atoms with Crippen molar-refractivity contribution in [3.63, 3.8) is 0 Å². The van der Waals surface area contributed by atoms with Crippen molar-refractivity contribution in [2.45, 2.75) is 39.7 Å². The molecule has 3 heteroatoms. The third-order valence-corrected chi connectivity index (χ3v) is 3.39. The molecule has 1 unspecified atom stereocenters. The van der Waals surface area contributed by atoms with Crippen LogP contribution in [0.1, 0.15) is 30.2 Å². The fourth-order valence-electron chi connectivity index (χ4n) is 1.97. The molecule has 0 aliphatic carbocycles. The van der Waals surface area contributed by atoms with Gasteiger partial charge in [0.2, 0.25) is 0 Å². The van der Waals surface area contributed by atoms with E-state index >= 15 is 0 Å². The molecule has 0 radical (unpaired) electrons. The number of nitrogens with zero attached hydrogens (tertiary/aromatic N) is 1. The quantitative estimate of drug-likeness (QED) is 0.899. The second kappa shape index (κ2) is 6.53. The van der Waals surface area contributed by atoms with Gasteiger partial charge in [-0.3, -0.25) is 4.98 Å². The van der Waals surface area contributed by atoms with Crippen molar-refractivity contribution in [2.24, 2.45) is 5.73 Å². The standard InChI is InChI=1S/C17H22N2O/c1-4-15(18)9-14-7-5-12(2)17(10-14)20-16-8-6-13(3)19-11-16/h5-8,10-11,15H,4,9,18H2,1-3H3. The maximum absolute atomic E-state index is 6.01. The Morgan fingerprint density at radius 3 is 2.65 bits per heavy atom. The van der Waals surface area contributed by atoms with Gasteiger partial charge in [0, 0.05) is 11.7 Å². The lowest BCUT2D eigenvalue weighted by atomic mass is 10.0. The average Bonchev–Trinajstić information content (AvgIpc) is 2.45. The summed E-state index contributed by atoms with van der Waals surface area (Å²) in [4.78, 5) is 4.24. The fraction of sp³-hybridized carbons (Fsp3) is 0.353. The summed E-state index contributed by atoms with van der Waals surface area (Å²) in [6.45, 7) is 6.11. The zero-order chi connectivity index (χ0) is 14.5. The van der Waals surface area contributed by atoms with E-state index in [9.17, 15) is 0 Å². The Kier molecular flexibility index (Phi) is 4.74. The summed E-state index contributed by atoms with van der Waals surface area (Å²) in [5.74, 6) is 1.63. The zero-order valence-corrected chi connectivity index (χ0v) is 12.4. The maximum Gasteiger partial charge on any atom is 0.145 e. The number of aryl methyl sites for hydroxylation is 2. The molecule has 20 heavy (non-hydrogen) atoms. The molecule has 1 aromatic heterocycles. The van der Waals surface area contributed by atoms with Crippen molar-refractivity contribution >= 4 is 0 Å². The van der Waals surface area contributed by atoms with E-state index in [2.05, 4.69) is 30.1 Å². The number of pyridine rings is 1. The highest BCUT2D eigenvalue weighted by Gasteiger charge is 2.06. The predicted octanol–water partition coefficient (Wildman–Crippen LogP) is 3.77. The molecule has 0 aliphatic rings. The Labute approximate surface area is 120 Å². The van der Waals surface area contributed by atoms with E-state index in [4.69, 9.17) is 10.5 Å². The first-order chi connectivity index (χ1) is 9.58. The molecule has 1 heterocycles. The summed E-state index contributed by atoms with van der Waals surface area (Å²) in [6.07, 6.45) is 3.60. The molecule has 1 atom stereocenters. The summed E-state index contributed by atoms with van der Waals surface area (Å²) >= 11 is 0. The van der Waals surface area contributed by atoms with Gasteiger partial charge < -0.3 is 10.5 Å². The molecule has 0 amide bonds. The first-order valence-corrected chi connectivity index (χ1v) is 7.04. The molecule has 106 valence electrons. The molecule has 2 aromatic rings. The van der Waals surface area contributed by atoms with E-state index in [-0.39, 0.29) is 6.04 Å². The topological polar surface area (TPSA) is 48.1 Å². The van der Waals surface area contributed by atoms with E-state index in [0.29, 0.717) is 0 Å². The third-order valence-electron chi connectivity index (χ3n) is 3.39. The minimum Gasteiger partial charge on any atom is -0.455 e. The first kappa shape index (κ1) is 14.5. The van der Waals surface area contributed by atoms with Crippen LogP contribution in [0.2, 0.25) is 0 Å². The molecule has 0 saturated heterocycles. The van der Waals surface area contributed by atoms with Crippen LogP contribution < -0.4 is 10.5 Å². The van der Waals surface area contributed by atoms with Crippen LogP contribution in [-0.2, 0) is 6.42 Å². The monoisotopic (exact) mass is 270 g/mol. The Morgan fingerprint density at radius 2 is 2.00 bits per heavy atom. The number of hydrogen-bond donors (Lipinski definition) is 1. The largest absolute Gasteiger partial charge is 0.455 e. The highest BCUT2D eigenvalue weighted by Crippen LogP contribution is 2.26. The lowest BCUT2D eigenvalue weighted by molar-refractivity contribution is 0.475. The van der Waals surface area contributed by atoms with Crippen molar-refractivity contribution in [2.75, 3.05) is 0 Å². The van der Waals surface area contributed by atoms with Crippen molar-refractivity contribution < 1.29 is 4.74 Å². The highest BCUT2D eigenvalue weighted by atomic mass is 16.5. The number of benzene rings is 1. The predicted molar refractivity (Wildman–Crippen MR) is 82.2 cm³/mol. The Balaban J connectivity index is 2.18. The highest BCUT2D eigenvalue weighted by molar-refractivity contribution is 5.40. The third kappa shape index (κ3) is 3.81. The van der Waals surface area contributed by atoms with Crippen LogP contribution >= 0.6 is 0 Å². The van der Waals surface area contributed by atoms with Gasteiger partial charge in [-0.15, -0.1) is 0 Å². The Morgan fingerprint density at radius 1 is 1.20 bits per heavy atom. The molecular formula is C17H22N2O. The summed E-state index contributed by atoms with van der Waals surface area (Å²) < 4.78 is 5.92.